The molecule has 0 aromatic rings. The Hall–Kier alpha value is -2.39. The van der Waals surface area contributed by atoms with Crippen molar-refractivity contribution in [3.63, 3.8) is 0 Å². The maximum atomic E-state index is 11.6. The molecular weight excluding hydrogens is 941 g/mol. The van der Waals surface area contributed by atoms with Crippen LogP contribution in [0.3, 0.4) is 0 Å². The van der Waals surface area contributed by atoms with E-state index in [4.69, 9.17) is 49.6 Å². The van der Waals surface area contributed by atoms with E-state index in [2.05, 4.69) is 24.3 Å². The summed E-state index contributed by atoms with van der Waals surface area (Å²) in [6.45, 7) is 6.40. The zero-order chi connectivity index (χ0) is 54.1. The van der Waals surface area contributed by atoms with Gasteiger partial charge in [0.2, 0.25) is 0 Å². The highest BCUT2D eigenvalue weighted by Crippen LogP contribution is 2.32. The summed E-state index contributed by atoms with van der Waals surface area (Å²) in [5, 5.41) is 53.0. The molecular formula is C61H118O13. The molecule has 0 spiro atoms. The number of aliphatic hydroxyl groups excluding tert-OH is 6. The monoisotopic (exact) mass is 1060 g/mol. The van der Waals surface area contributed by atoms with Crippen molar-refractivity contribution in [1.29, 1.82) is 0 Å². The number of hydrogen-bond donors (Lipinski definition) is 6. The molecule has 6 N–H and O–H groups in total. The van der Waals surface area contributed by atoms with E-state index in [1.807, 2.05) is 20.8 Å². The molecule has 0 saturated carbocycles. The topological polar surface area (TPSA) is 213 Å². The van der Waals surface area contributed by atoms with Crippen molar-refractivity contribution >= 4 is 17.9 Å². The van der Waals surface area contributed by atoms with Crippen molar-refractivity contribution in [2.45, 2.75) is 309 Å². The van der Waals surface area contributed by atoms with E-state index in [1.165, 1.54) is 96.3 Å². The molecule has 0 aromatic heterocycles. The number of unbranched alkanes of at least 4 members (excludes halogenated alkanes) is 25. The fourth-order valence-corrected chi connectivity index (χ4v) is 8.18. The van der Waals surface area contributed by atoms with E-state index in [-0.39, 0.29) is 63.5 Å². The van der Waals surface area contributed by atoms with E-state index in [1.54, 1.807) is 0 Å². The standard InChI is InChI=1S/C20H38O5.2C20H38O4.CH4/c1-2-17(16-22)24-20(23)14-10-5-3-4-8-12-18-19(25-18)13-9-6-7-11-15-21;2*1-2-19(18-22)24-20(23)16-14-12-10-8-6-4-3-5-7-9-11-13-15-17-21;/h17-19,21-22H,2-16H2,1H3;2*3,5,19,21-22H,2,4,6-18H2,1H3;1H4/b;5-3+;5-3-;. The largest absolute Gasteiger partial charge is 0.460 e. The van der Waals surface area contributed by atoms with Crippen molar-refractivity contribution in [1.82, 2.24) is 0 Å². The number of carbonyl (C=O) groups is 3. The van der Waals surface area contributed by atoms with Crippen molar-refractivity contribution in [2.75, 3.05) is 39.6 Å². The predicted molar refractivity (Wildman–Crippen MR) is 303 cm³/mol. The molecule has 74 heavy (non-hydrogen) atoms. The minimum Gasteiger partial charge on any atom is -0.460 e. The van der Waals surface area contributed by atoms with Gasteiger partial charge in [-0.25, -0.2) is 0 Å². The molecule has 1 saturated heterocycles. The molecule has 1 heterocycles. The minimum atomic E-state index is -0.339. The smallest absolute Gasteiger partial charge is 0.306 e. The Morgan fingerprint density at radius 3 is 0.838 bits per heavy atom. The second kappa shape index (κ2) is 61.5. The molecule has 0 aromatic carbocycles. The van der Waals surface area contributed by atoms with Gasteiger partial charge in [0.15, 0.2) is 0 Å². The second-order valence-electron chi connectivity index (χ2n) is 20.0. The Balaban J connectivity index is -0.00000102. The van der Waals surface area contributed by atoms with Crippen molar-refractivity contribution in [3.8, 4) is 0 Å². The Bertz CT molecular complexity index is 1160. The van der Waals surface area contributed by atoms with Gasteiger partial charge in [-0.3, -0.25) is 14.4 Å². The van der Waals surface area contributed by atoms with Gasteiger partial charge in [0.25, 0.3) is 0 Å². The van der Waals surface area contributed by atoms with Crippen LogP contribution in [0.2, 0.25) is 0 Å². The Morgan fingerprint density at radius 1 is 0.365 bits per heavy atom. The van der Waals surface area contributed by atoms with Crippen LogP contribution in [0.4, 0.5) is 0 Å². The molecule has 0 bridgehead atoms. The average Bonchev–Trinajstić information content (AvgIpc) is 4.16. The summed E-state index contributed by atoms with van der Waals surface area (Å²) in [6.07, 6.45) is 49.5. The first-order chi connectivity index (χ1) is 35.7. The van der Waals surface area contributed by atoms with Gasteiger partial charge in [0, 0.05) is 39.1 Å². The highest BCUT2D eigenvalue weighted by atomic mass is 16.6. The van der Waals surface area contributed by atoms with Crippen LogP contribution in [-0.2, 0) is 33.3 Å². The molecule has 1 rings (SSSR count). The first kappa shape index (κ1) is 75.8. The maximum absolute atomic E-state index is 11.6. The number of allylic oxidation sites excluding steroid dienone is 4. The van der Waals surface area contributed by atoms with Crippen LogP contribution in [0.15, 0.2) is 24.3 Å². The molecule has 0 radical (unpaired) electrons. The average molecular weight is 1060 g/mol. The number of ether oxygens (including phenoxy) is 4. The Labute approximate surface area is 453 Å². The number of esters is 3. The van der Waals surface area contributed by atoms with E-state index < -0.39 is 0 Å². The Kier molecular flexibility index (Phi) is 63.0. The van der Waals surface area contributed by atoms with E-state index in [0.29, 0.717) is 70.6 Å². The second-order valence-corrected chi connectivity index (χ2v) is 20.0. The van der Waals surface area contributed by atoms with Crippen LogP contribution >= 0.6 is 0 Å². The van der Waals surface area contributed by atoms with Gasteiger partial charge in [0.1, 0.15) is 18.3 Å². The third-order valence-electron chi connectivity index (χ3n) is 13.2. The lowest BCUT2D eigenvalue weighted by Gasteiger charge is -2.12. The van der Waals surface area contributed by atoms with E-state index >= 15 is 0 Å². The van der Waals surface area contributed by atoms with E-state index in [9.17, 15) is 14.4 Å². The molecule has 1 aliphatic rings. The maximum Gasteiger partial charge on any atom is 0.306 e. The lowest BCUT2D eigenvalue weighted by atomic mass is 10.0. The lowest BCUT2D eigenvalue weighted by Crippen LogP contribution is -2.20. The number of hydrogen-bond acceptors (Lipinski definition) is 13. The fourth-order valence-electron chi connectivity index (χ4n) is 8.18. The van der Waals surface area contributed by atoms with Crippen molar-refractivity contribution in [2.24, 2.45) is 0 Å². The minimum absolute atomic E-state index is 0. The molecule has 440 valence electrons. The molecule has 1 aliphatic heterocycles. The highest BCUT2D eigenvalue weighted by Gasteiger charge is 2.36. The zero-order valence-electron chi connectivity index (χ0n) is 47.1. The number of epoxide rings is 1. The third-order valence-corrected chi connectivity index (χ3v) is 13.2. The molecule has 0 amide bonds. The fraction of sp³-hybridized carbons (Fsp3) is 0.885. The van der Waals surface area contributed by atoms with Crippen molar-refractivity contribution < 1.29 is 64.0 Å². The molecule has 5 atom stereocenters. The van der Waals surface area contributed by atoms with Crippen LogP contribution in [0, 0.1) is 0 Å². The van der Waals surface area contributed by atoms with Crippen molar-refractivity contribution in [3.05, 3.63) is 24.3 Å². The summed E-state index contributed by atoms with van der Waals surface area (Å²) in [5.74, 6) is -0.551. The summed E-state index contributed by atoms with van der Waals surface area (Å²) < 4.78 is 21.2. The molecule has 13 nitrogen and oxygen atoms in total. The normalized spacial score (nSPS) is 15.1. The van der Waals surface area contributed by atoms with Crippen LogP contribution in [-0.4, -0.2) is 119 Å². The number of carbonyl (C=O) groups excluding carboxylic acids is 3. The van der Waals surface area contributed by atoms with Gasteiger partial charge in [-0.1, -0.05) is 162 Å². The van der Waals surface area contributed by atoms with Gasteiger partial charge >= 0.3 is 17.9 Å². The summed E-state index contributed by atoms with van der Waals surface area (Å²) in [4.78, 5) is 34.6. The van der Waals surface area contributed by atoms with Crippen LogP contribution in [0.25, 0.3) is 0 Å². The third kappa shape index (κ3) is 55.8. The molecule has 1 fully saturated rings. The number of aliphatic hydroxyl groups is 6. The van der Waals surface area contributed by atoms with Gasteiger partial charge in [-0.15, -0.1) is 0 Å². The van der Waals surface area contributed by atoms with Gasteiger partial charge < -0.3 is 49.6 Å². The van der Waals surface area contributed by atoms with Gasteiger partial charge in [0.05, 0.1) is 32.0 Å². The quantitative estimate of drug-likeness (QED) is 0.0110. The van der Waals surface area contributed by atoms with Gasteiger partial charge in [-0.2, -0.15) is 0 Å². The molecule has 0 aliphatic carbocycles. The Morgan fingerprint density at radius 2 is 0.595 bits per heavy atom. The van der Waals surface area contributed by atoms with Gasteiger partial charge in [-0.05, 0) is 122 Å². The summed E-state index contributed by atoms with van der Waals surface area (Å²) in [5.41, 5.74) is 0. The SMILES string of the molecule is C.CCC(CO)OC(=O)CCCCCCC/C=C/CCCCCCO.CCC(CO)OC(=O)CCCCCCC/C=C\CCCCCCO.CCC(CO)OC(=O)CCCCCCCC1OC1CCCCCCO. The number of rotatable bonds is 51. The lowest BCUT2D eigenvalue weighted by molar-refractivity contribution is -0.152. The van der Waals surface area contributed by atoms with Crippen LogP contribution < -0.4 is 0 Å². The summed E-state index contributed by atoms with van der Waals surface area (Å²) in [7, 11) is 0. The zero-order valence-corrected chi connectivity index (χ0v) is 47.1. The first-order valence-electron chi connectivity index (χ1n) is 29.9. The predicted octanol–water partition coefficient (Wildman–Crippen LogP) is 13.4. The first-order valence-corrected chi connectivity index (χ1v) is 29.9. The van der Waals surface area contributed by atoms with E-state index in [0.717, 1.165) is 116 Å². The van der Waals surface area contributed by atoms with Crippen LogP contribution in [0.1, 0.15) is 279 Å². The summed E-state index contributed by atoms with van der Waals surface area (Å²) >= 11 is 0. The van der Waals surface area contributed by atoms with Crippen LogP contribution in [0.5, 0.6) is 0 Å². The molecule has 5 unspecified atom stereocenters. The molecule has 13 heteroatoms. The highest BCUT2D eigenvalue weighted by molar-refractivity contribution is 5.70. The summed E-state index contributed by atoms with van der Waals surface area (Å²) in [6, 6.07) is 0.